The molecule has 0 aliphatic heterocycles. The highest BCUT2D eigenvalue weighted by atomic mass is 35.5. The van der Waals surface area contributed by atoms with Gasteiger partial charge in [0.15, 0.2) is 5.82 Å². The smallest absolute Gasteiger partial charge is 0.158 e. The van der Waals surface area contributed by atoms with Crippen molar-refractivity contribution in [2.75, 3.05) is 12.4 Å². The number of aromatic nitrogens is 2. The lowest BCUT2D eigenvalue weighted by Crippen LogP contribution is -2.26. The summed E-state index contributed by atoms with van der Waals surface area (Å²) in [5.74, 6) is 2.34. The van der Waals surface area contributed by atoms with Gasteiger partial charge in [-0.1, -0.05) is 24.9 Å². The van der Waals surface area contributed by atoms with Crippen LogP contribution in [0.1, 0.15) is 44.9 Å². The standard InChI is InChI=1S/C14H22ClN3O/c1-3-10-4-6-11(7-5-10)16-13-8-12(15)17-14(18-13)9-19-2/h8,10-11H,3-7,9H2,1-2H3,(H,16,17,18). The topological polar surface area (TPSA) is 47.0 Å². The third kappa shape index (κ3) is 4.32. The van der Waals surface area contributed by atoms with Crippen LogP contribution in [0.4, 0.5) is 5.82 Å². The normalized spacial score (nSPS) is 23.3. The molecule has 1 aliphatic carbocycles. The largest absolute Gasteiger partial charge is 0.377 e. The molecule has 0 amide bonds. The van der Waals surface area contributed by atoms with E-state index in [2.05, 4.69) is 22.2 Å². The van der Waals surface area contributed by atoms with Crippen LogP contribution in [0.15, 0.2) is 6.07 Å². The lowest BCUT2D eigenvalue weighted by Gasteiger charge is -2.28. The minimum atomic E-state index is 0.387. The summed E-state index contributed by atoms with van der Waals surface area (Å²) in [7, 11) is 1.63. The third-order valence-corrected chi connectivity index (χ3v) is 3.98. The maximum atomic E-state index is 6.00. The van der Waals surface area contributed by atoms with Crippen LogP contribution in [0.25, 0.3) is 0 Å². The predicted molar refractivity (Wildman–Crippen MR) is 77.4 cm³/mol. The number of ether oxygens (including phenoxy) is 1. The van der Waals surface area contributed by atoms with Crippen LogP contribution in [0.3, 0.4) is 0 Å². The Morgan fingerprint density at radius 1 is 1.32 bits per heavy atom. The lowest BCUT2D eigenvalue weighted by atomic mass is 9.84. The molecule has 0 unspecified atom stereocenters. The number of nitrogens with one attached hydrogen (secondary N) is 1. The van der Waals surface area contributed by atoms with E-state index in [-0.39, 0.29) is 0 Å². The van der Waals surface area contributed by atoms with E-state index < -0.39 is 0 Å². The van der Waals surface area contributed by atoms with Crippen LogP contribution in [-0.4, -0.2) is 23.1 Å². The van der Waals surface area contributed by atoms with Gasteiger partial charge in [0, 0.05) is 19.2 Å². The Kier molecular flexibility index (Phi) is 5.40. The number of anilines is 1. The summed E-state index contributed by atoms with van der Waals surface area (Å²) < 4.78 is 5.05. The number of rotatable bonds is 5. The van der Waals surface area contributed by atoms with E-state index in [1.807, 2.05) is 0 Å². The monoisotopic (exact) mass is 283 g/mol. The maximum absolute atomic E-state index is 6.00. The summed E-state index contributed by atoms with van der Waals surface area (Å²) in [6.07, 6.45) is 6.32. The molecule has 1 N–H and O–H groups in total. The highest BCUT2D eigenvalue weighted by Gasteiger charge is 2.20. The van der Waals surface area contributed by atoms with Crippen LogP contribution in [-0.2, 0) is 11.3 Å². The molecule has 0 bridgehead atoms. The van der Waals surface area contributed by atoms with E-state index >= 15 is 0 Å². The average Bonchev–Trinajstić information content (AvgIpc) is 2.39. The molecule has 106 valence electrons. The number of methoxy groups -OCH3 is 1. The van der Waals surface area contributed by atoms with Crippen LogP contribution >= 0.6 is 11.6 Å². The van der Waals surface area contributed by atoms with Gasteiger partial charge in [-0.05, 0) is 31.6 Å². The second-order valence-electron chi connectivity index (χ2n) is 5.20. The fourth-order valence-corrected chi connectivity index (χ4v) is 2.86. The molecule has 1 fully saturated rings. The SMILES string of the molecule is CCC1CCC(Nc2cc(Cl)nc(COC)n2)CC1. The zero-order valence-electron chi connectivity index (χ0n) is 11.7. The van der Waals surface area contributed by atoms with Crippen molar-refractivity contribution in [2.45, 2.75) is 51.7 Å². The Morgan fingerprint density at radius 3 is 2.68 bits per heavy atom. The molecule has 1 heterocycles. The molecule has 4 nitrogen and oxygen atoms in total. The van der Waals surface area contributed by atoms with Crippen molar-refractivity contribution in [3.8, 4) is 0 Å². The van der Waals surface area contributed by atoms with Crippen molar-refractivity contribution < 1.29 is 4.74 Å². The Bertz CT molecular complexity index is 406. The first-order valence-electron chi connectivity index (χ1n) is 7.00. The van der Waals surface area contributed by atoms with Crippen molar-refractivity contribution in [3.05, 3.63) is 17.0 Å². The zero-order valence-corrected chi connectivity index (χ0v) is 12.4. The summed E-state index contributed by atoms with van der Waals surface area (Å²) in [5, 5.41) is 3.94. The molecule has 2 rings (SSSR count). The Morgan fingerprint density at radius 2 is 2.05 bits per heavy atom. The first-order valence-corrected chi connectivity index (χ1v) is 7.38. The molecule has 5 heteroatoms. The summed E-state index contributed by atoms with van der Waals surface area (Å²) in [4.78, 5) is 8.56. The molecule has 1 saturated carbocycles. The Balaban J connectivity index is 1.95. The quantitative estimate of drug-likeness (QED) is 0.838. The van der Waals surface area contributed by atoms with Crippen molar-refractivity contribution in [3.63, 3.8) is 0 Å². The van der Waals surface area contributed by atoms with Gasteiger partial charge < -0.3 is 10.1 Å². The third-order valence-electron chi connectivity index (χ3n) is 3.79. The summed E-state index contributed by atoms with van der Waals surface area (Å²) in [5.41, 5.74) is 0. The summed E-state index contributed by atoms with van der Waals surface area (Å²) >= 11 is 6.00. The number of hydrogen-bond donors (Lipinski definition) is 1. The Hall–Kier alpha value is -0.870. The van der Waals surface area contributed by atoms with Crippen molar-refractivity contribution >= 4 is 17.4 Å². The minimum absolute atomic E-state index is 0.387. The van der Waals surface area contributed by atoms with Crippen molar-refractivity contribution in [1.82, 2.24) is 9.97 Å². The summed E-state index contributed by atoms with van der Waals surface area (Å²) in [6.45, 7) is 2.66. The molecule has 1 aliphatic rings. The van der Waals surface area contributed by atoms with Gasteiger partial charge in [-0.2, -0.15) is 0 Å². The van der Waals surface area contributed by atoms with E-state index in [1.165, 1.54) is 32.1 Å². The van der Waals surface area contributed by atoms with Crippen LogP contribution in [0.5, 0.6) is 0 Å². The van der Waals surface area contributed by atoms with E-state index in [0.29, 0.717) is 23.6 Å². The fourth-order valence-electron chi connectivity index (χ4n) is 2.66. The van der Waals surface area contributed by atoms with Crippen LogP contribution < -0.4 is 5.32 Å². The predicted octanol–water partition coefficient (Wildman–Crippen LogP) is 3.66. The van der Waals surface area contributed by atoms with Gasteiger partial charge in [0.05, 0.1) is 0 Å². The van der Waals surface area contributed by atoms with Gasteiger partial charge in [-0.25, -0.2) is 9.97 Å². The van der Waals surface area contributed by atoms with Crippen molar-refractivity contribution in [1.29, 1.82) is 0 Å². The summed E-state index contributed by atoms with van der Waals surface area (Å²) in [6, 6.07) is 2.29. The van der Waals surface area contributed by atoms with Gasteiger partial charge in [0.2, 0.25) is 0 Å². The number of halogens is 1. The molecule has 0 saturated heterocycles. The second kappa shape index (κ2) is 7.06. The van der Waals surface area contributed by atoms with E-state index in [0.717, 1.165) is 11.7 Å². The fraction of sp³-hybridized carbons (Fsp3) is 0.714. The number of hydrogen-bond acceptors (Lipinski definition) is 4. The van der Waals surface area contributed by atoms with Gasteiger partial charge in [0.1, 0.15) is 17.6 Å². The Labute approximate surface area is 119 Å². The molecule has 0 spiro atoms. The lowest BCUT2D eigenvalue weighted by molar-refractivity contribution is 0.178. The second-order valence-corrected chi connectivity index (χ2v) is 5.58. The minimum Gasteiger partial charge on any atom is -0.377 e. The molecule has 1 aromatic heterocycles. The van der Waals surface area contributed by atoms with E-state index in [1.54, 1.807) is 13.2 Å². The van der Waals surface area contributed by atoms with Gasteiger partial charge in [-0.3, -0.25) is 0 Å². The van der Waals surface area contributed by atoms with Crippen molar-refractivity contribution in [2.24, 2.45) is 5.92 Å². The molecular formula is C14H22ClN3O. The van der Waals surface area contributed by atoms with Gasteiger partial charge in [0.25, 0.3) is 0 Å². The molecule has 0 aromatic carbocycles. The van der Waals surface area contributed by atoms with E-state index in [9.17, 15) is 0 Å². The average molecular weight is 284 g/mol. The molecular weight excluding hydrogens is 262 g/mol. The molecule has 0 radical (unpaired) electrons. The molecule has 0 atom stereocenters. The van der Waals surface area contributed by atoms with Gasteiger partial charge in [-0.15, -0.1) is 0 Å². The first-order chi connectivity index (χ1) is 9.21. The maximum Gasteiger partial charge on any atom is 0.158 e. The van der Waals surface area contributed by atoms with Crippen LogP contribution in [0.2, 0.25) is 5.15 Å². The van der Waals surface area contributed by atoms with Gasteiger partial charge >= 0.3 is 0 Å². The van der Waals surface area contributed by atoms with E-state index in [4.69, 9.17) is 16.3 Å². The molecule has 19 heavy (non-hydrogen) atoms. The highest BCUT2D eigenvalue weighted by Crippen LogP contribution is 2.28. The first kappa shape index (κ1) is 14.5. The zero-order chi connectivity index (χ0) is 13.7. The molecule has 1 aromatic rings. The number of nitrogens with zero attached hydrogens (tertiary/aromatic N) is 2. The van der Waals surface area contributed by atoms with Crippen LogP contribution in [0, 0.1) is 5.92 Å². The highest BCUT2D eigenvalue weighted by molar-refractivity contribution is 6.29.